The standard InChI is InChI=1S/C12H17F2NO/c1-3-15(4-2)8-11(16)9-6-5-7-10(13)12(9)14/h5-7,11,16H,3-4,8H2,1-2H3. The minimum absolute atomic E-state index is 0.0203. The summed E-state index contributed by atoms with van der Waals surface area (Å²) in [7, 11) is 0. The number of hydrogen-bond donors (Lipinski definition) is 1. The van der Waals surface area contributed by atoms with Crippen LogP contribution < -0.4 is 0 Å². The molecule has 0 amide bonds. The molecule has 1 aromatic rings. The third-order valence-electron chi connectivity index (χ3n) is 2.67. The van der Waals surface area contributed by atoms with E-state index in [2.05, 4.69) is 0 Å². The van der Waals surface area contributed by atoms with Crippen LogP contribution in [0.3, 0.4) is 0 Å². The molecule has 0 aliphatic carbocycles. The lowest BCUT2D eigenvalue weighted by Crippen LogP contribution is -2.28. The average Bonchev–Trinajstić information content (AvgIpc) is 2.29. The van der Waals surface area contributed by atoms with E-state index in [4.69, 9.17) is 0 Å². The first kappa shape index (κ1) is 13.1. The maximum absolute atomic E-state index is 13.4. The molecule has 90 valence electrons. The Morgan fingerprint density at radius 2 is 1.88 bits per heavy atom. The highest BCUT2D eigenvalue weighted by Gasteiger charge is 2.17. The molecule has 1 rings (SSSR count). The number of halogens is 2. The summed E-state index contributed by atoms with van der Waals surface area (Å²) in [5, 5.41) is 9.81. The van der Waals surface area contributed by atoms with E-state index in [1.807, 2.05) is 18.7 Å². The summed E-state index contributed by atoms with van der Waals surface area (Å²) < 4.78 is 26.3. The van der Waals surface area contributed by atoms with Crippen molar-refractivity contribution in [3.63, 3.8) is 0 Å². The van der Waals surface area contributed by atoms with Crippen molar-refractivity contribution < 1.29 is 13.9 Å². The summed E-state index contributed by atoms with van der Waals surface area (Å²) in [5.41, 5.74) is 0.0203. The number of hydrogen-bond acceptors (Lipinski definition) is 2. The molecule has 0 spiro atoms. The Hall–Kier alpha value is -1.00. The Morgan fingerprint density at radius 3 is 2.44 bits per heavy atom. The van der Waals surface area contributed by atoms with E-state index in [0.717, 1.165) is 19.2 Å². The van der Waals surface area contributed by atoms with Gasteiger partial charge in [0.2, 0.25) is 0 Å². The molecular formula is C12H17F2NO. The third kappa shape index (κ3) is 3.00. The van der Waals surface area contributed by atoms with E-state index in [9.17, 15) is 13.9 Å². The SMILES string of the molecule is CCN(CC)CC(O)c1cccc(F)c1F. The predicted octanol–water partition coefficient (Wildman–Crippen LogP) is 2.34. The molecule has 0 heterocycles. The smallest absolute Gasteiger partial charge is 0.164 e. The third-order valence-corrected chi connectivity index (χ3v) is 2.67. The summed E-state index contributed by atoms with van der Waals surface area (Å²) >= 11 is 0. The summed E-state index contributed by atoms with van der Waals surface area (Å²) in [4.78, 5) is 1.95. The lowest BCUT2D eigenvalue weighted by molar-refractivity contribution is 0.115. The first-order chi connectivity index (χ1) is 7.60. The fourth-order valence-corrected chi connectivity index (χ4v) is 1.60. The zero-order valence-corrected chi connectivity index (χ0v) is 9.58. The molecule has 1 aromatic carbocycles. The Bertz CT molecular complexity index is 340. The molecule has 0 aromatic heterocycles. The van der Waals surface area contributed by atoms with Gasteiger partial charge in [0.05, 0.1) is 6.10 Å². The van der Waals surface area contributed by atoms with Crippen LogP contribution in [0.15, 0.2) is 18.2 Å². The van der Waals surface area contributed by atoms with Crippen molar-refractivity contribution in [2.24, 2.45) is 0 Å². The lowest BCUT2D eigenvalue weighted by atomic mass is 10.1. The zero-order chi connectivity index (χ0) is 12.1. The van der Waals surface area contributed by atoms with Crippen molar-refractivity contribution in [1.82, 2.24) is 4.90 Å². The molecule has 0 saturated heterocycles. The second-order valence-electron chi connectivity index (χ2n) is 3.64. The molecule has 0 saturated carbocycles. The fourth-order valence-electron chi connectivity index (χ4n) is 1.60. The number of nitrogens with zero attached hydrogens (tertiary/aromatic N) is 1. The van der Waals surface area contributed by atoms with E-state index in [1.165, 1.54) is 12.1 Å². The quantitative estimate of drug-likeness (QED) is 0.837. The molecule has 1 atom stereocenters. The maximum atomic E-state index is 13.4. The van der Waals surface area contributed by atoms with Crippen LogP contribution in [0.4, 0.5) is 8.78 Å². The Balaban J connectivity index is 2.80. The Labute approximate surface area is 94.5 Å². The highest BCUT2D eigenvalue weighted by Crippen LogP contribution is 2.19. The molecule has 0 aliphatic rings. The molecule has 4 heteroatoms. The molecular weight excluding hydrogens is 212 g/mol. The van der Waals surface area contributed by atoms with Gasteiger partial charge < -0.3 is 10.0 Å². The molecule has 1 unspecified atom stereocenters. The Morgan fingerprint density at radius 1 is 1.25 bits per heavy atom. The van der Waals surface area contributed by atoms with Gasteiger partial charge in [-0.3, -0.25) is 0 Å². The number of aliphatic hydroxyl groups is 1. The fraction of sp³-hybridized carbons (Fsp3) is 0.500. The van der Waals surface area contributed by atoms with E-state index >= 15 is 0 Å². The average molecular weight is 229 g/mol. The number of benzene rings is 1. The second kappa shape index (κ2) is 5.92. The number of aliphatic hydroxyl groups excluding tert-OH is 1. The minimum Gasteiger partial charge on any atom is -0.387 e. The van der Waals surface area contributed by atoms with Gasteiger partial charge in [0, 0.05) is 12.1 Å². The van der Waals surface area contributed by atoms with Gasteiger partial charge in [-0.25, -0.2) is 8.78 Å². The van der Waals surface area contributed by atoms with Gasteiger partial charge in [-0.15, -0.1) is 0 Å². The molecule has 2 nitrogen and oxygen atoms in total. The van der Waals surface area contributed by atoms with E-state index < -0.39 is 17.7 Å². The molecule has 0 fully saturated rings. The predicted molar refractivity (Wildman–Crippen MR) is 59.1 cm³/mol. The highest BCUT2D eigenvalue weighted by atomic mass is 19.2. The number of likely N-dealkylation sites (N-methyl/N-ethyl adjacent to an activating group) is 1. The van der Waals surface area contributed by atoms with Gasteiger partial charge in [0.15, 0.2) is 11.6 Å². The summed E-state index contributed by atoms with van der Waals surface area (Å²) in [6, 6.07) is 3.86. The first-order valence-corrected chi connectivity index (χ1v) is 5.44. The van der Waals surface area contributed by atoms with Crippen LogP contribution in [-0.4, -0.2) is 29.6 Å². The molecule has 0 aliphatic heterocycles. The molecule has 0 bridgehead atoms. The minimum atomic E-state index is -0.990. The zero-order valence-electron chi connectivity index (χ0n) is 9.58. The van der Waals surface area contributed by atoms with Gasteiger partial charge in [-0.05, 0) is 19.2 Å². The largest absolute Gasteiger partial charge is 0.387 e. The van der Waals surface area contributed by atoms with Gasteiger partial charge in [0.1, 0.15) is 0 Å². The molecule has 1 N–H and O–H groups in total. The van der Waals surface area contributed by atoms with Crippen molar-refractivity contribution in [2.45, 2.75) is 20.0 Å². The van der Waals surface area contributed by atoms with Crippen LogP contribution in [0.2, 0.25) is 0 Å². The second-order valence-corrected chi connectivity index (χ2v) is 3.64. The van der Waals surface area contributed by atoms with Crippen molar-refractivity contribution in [3.8, 4) is 0 Å². The van der Waals surface area contributed by atoms with Crippen LogP contribution in [0.5, 0.6) is 0 Å². The Kier molecular flexibility index (Phi) is 4.83. The summed E-state index contributed by atoms with van der Waals surface area (Å²) in [5.74, 6) is -1.88. The monoisotopic (exact) mass is 229 g/mol. The molecule has 16 heavy (non-hydrogen) atoms. The lowest BCUT2D eigenvalue weighted by Gasteiger charge is -2.22. The van der Waals surface area contributed by atoms with Crippen LogP contribution in [-0.2, 0) is 0 Å². The normalized spacial score (nSPS) is 13.1. The van der Waals surface area contributed by atoms with Crippen molar-refractivity contribution in [3.05, 3.63) is 35.4 Å². The van der Waals surface area contributed by atoms with Gasteiger partial charge in [0.25, 0.3) is 0 Å². The summed E-state index contributed by atoms with van der Waals surface area (Å²) in [6.45, 7) is 5.76. The molecule has 0 radical (unpaired) electrons. The van der Waals surface area contributed by atoms with Crippen molar-refractivity contribution in [2.75, 3.05) is 19.6 Å². The van der Waals surface area contributed by atoms with E-state index in [-0.39, 0.29) is 5.56 Å². The van der Waals surface area contributed by atoms with Crippen molar-refractivity contribution >= 4 is 0 Å². The van der Waals surface area contributed by atoms with E-state index in [1.54, 1.807) is 0 Å². The van der Waals surface area contributed by atoms with Crippen LogP contribution in [0, 0.1) is 11.6 Å². The van der Waals surface area contributed by atoms with E-state index in [0.29, 0.717) is 6.54 Å². The van der Waals surface area contributed by atoms with Gasteiger partial charge >= 0.3 is 0 Å². The summed E-state index contributed by atoms with van der Waals surface area (Å²) in [6.07, 6.45) is -0.990. The number of rotatable bonds is 5. The topological polar surface area (TPSA) is 23.5 Å². The van der Waals surface area contributed by atoms with Crippen molar-refractivity contribution in [1.29, 1.82) is 0 Å². The van der Waals surface area contributed by atoms with Gasteiger partial charge in [-0.1, -0.05) is 26.0 Å². The van der Waals surface area contributed by atoms with Crippen LogP contribution in [0.1, 0.15) is 25.5 Å². The first-order valence-electron chi connectivity index (χ1n) is 5.44. The highest BCUT2D eigenvalue weighted by molar-refractivity contribution is 5.21. The maximum Gasteiger partial charge on any atom is 0.164 e. The van der Waals surface area contributed by atoms with Crippen LogP contribution >= 0.6 is 0 Å². The van der Waals surface area contributed by atoms with Crippen LogP contribution in [0.25, 0.3) is 0 Å². The van der Waals surface area contributed by atoms with Gasteiger partial charge in [-0.2, -0.15) is 0 Å².